The molecule has 3 rings (SSSR count). The number of nitrogens with zero attached hydrogens (tertiary/aromatic N) is 2. The van der Waals surface area contributed by atoms with Crippen molar-refractivity contribution in [2.45, 2.75) is 25.9 Å². The van der Waals surface area contributed by atoms with Gasteiger partial charge in [0.2, 0.25) is 0 Å². The average molecular weight is 302 g/mol. The van der Waals surface area contributed by atoms with Crippen molar-refractivity contribution in [3.8, 4) is 0 Å². The molecule has 2 aliphatic heterocycles. The predicted octanol–water partition coefficient (Wildman–Crippen LogP) is 1.80. The second kappa shape index (κ2) is 5.12. The molecule has 0 aromatic carbocycles. The minimum Gasteiger partial charge on any atom is -0.466 e. The zero-order valence-electron chi connectivity index (χ0n) is 12.9. The van der Waals surface area contributed by atoms with Crippen LogP contribution in [0.5, 0.6) is 0 Å². The number of fused-ring (bicyclic) bond motifs is 1. The molecule has 0 atom stereocenters. The van der Waals surface area contributed by atoms with Crippen LogP contribution in [0.2, 0.25) is 0 Å². The van der Waals surface area contributed by atoms with Gasteiger partial charge < -0.3 is 14.4 Å². The molecule has 6 nitrogen and oxygen atoms in total. The Morgan fingerprint density at radius 3 is 2.86 bits per heavy atom. The second-order valence-electron chi connectivity index (χ2n) is 5.87. The van der Waals surface area contributed by atoms with Gasteiger partial charge in [-0.2, -0.15) is 0 Å². The van der Waals surface area contributed by atoms with Crippen molar-refractivity contribution < 1.29 is 19.1 Å². The fourth-order valence-corrected chi connectivity index (χ4v) is 2.91. The van der Waals surface area contributed by atoms with Crippen LogP contribution in [0.1, 0.15) is 36.2 Å². The molecule has 22 heavy (non-hydrogen) atoms. The van der Waals surface area contributed by atoms with E-state index >= 15 is 0 Å². The maximum Gasteiger partial charge on any atom is 0.343 e. The van der Waals surface area contributed by atoms with Crippen molar-refractivity contribution in [2.75, 3.05) is 25.1 Å². The Balaban J connectivity index is 1.93. The Morgan fingerprint density at radius 1 is 1.45 bits per heavy atom. The first-order valence-electron chi connectivity index (χ1n) is 7.19. The van der Waals surface area contributed by atoms with Gasteiger partial charge in [-0.05, 0) is 26.3 Å². The molecular formula is C16H18N2O4. The molecule has 3 heterocycles. The summed E-state index contributed by atoms with van der Waals surface area (Å²) in [4.78, 5) is 30.1. The number of pyridine rings is 1. The topological polar surface area (TPSA) is 68.7 Å². The van der Waals surface area contributed by atoms with Crippen molar-refractivity contribution in [2.24, 2.45) is 0 Å². The fraction of sp³-hybridized carbons (Fsp3) is 0.438. The van der Waals surface area contributed by atoms with Gasteiger partial charge in [0.1, 0.15) is 17.0 Å². The van der Waals surface area contributed by atoms with E-state index in [0.29, 0.717) is 36.5 Å². The summed E-state index contributed by atoms with van der Waals surface area (Å²) in [5.74, 6) is -0.0227. The minimum absolute atomic E-state index is 0.300. The van der Waals surface area contributed by atoms with Crippen LogP contribution < -0.4 is 4.90 Å². The van der Waals surface area contributed by atoms with Crippen LogP contribution in [0, 0.1) is 0 Å². The first-order valence-corrected chi connectivity index (χ1v) is 7.19. The lowest BCUT2D eigenvalue weighted by atomic mass is 9.96. The largest absolute Gasteiger partial charge is 0.466 e. The number of carbonyl (C=O) groups is 2. The van der Waals surface area contributed by atoms with Crippen LogP contribution >= 0.6 is 0 Å². The van der Waals surface area contributed by atoms with Gasteiger partial charge in [0, 0.05) is 30.4 Å². The van der Waals surface area contributed by atoms with E-state index in [-0.39, 0.29) is 11.9 Å². The molecule has 0 bridgehead atoms. The van der Waals surface area contributed by atoms with Gasteiger partial charge in [-0.3, -0.25) is 0 Å². The first-order chi connectivity index (χ1) is 10.4. The fourth-order valence-electron chi connectivity index (χ4n) is 2.91. The number of hydrogen-bond acceptors (Lipinski definition) is 6. The number of anilines is 1. The summed E-state index contributed by atoms with van der Waals surface area (Å²) in [5.41, 5.74) is 1.41. The second-order valence-corrected chi connectivity index (χ2v) is 5.87. The average Bonchev–Trinajstić information content (AvgIpc) is 2.76. The van der Waals surface area contributed by atoms with Crippen LogP contribution in [-0.2, 0) is 19.9 Å². The summed E-state index contributed by atoms with van der Waals surface area (Å²) in [6.45, 7) is 4.86. The number of ether oxygens (including phenoxy) is 2. The normalized spacial score (nSPS) is 19.3. The molecule has 0 N–H and O–H groups in total. The minimum atomic E-state index is -0.632. The van der Waals surface area contributed by atoms with Gasteiger partial charge in [-0.1, -0.05) is 6.08 Å². The van der Waals surface area contributed by atoms with Crippen molar-refractivity contribution in [3.63, 3.8) is 0 Å². The van der Waals surface area contributed by atoms with Gasteiger partial charge >= 0.3 is 11.9 Å². The highest BCUT2D eigenvalue weighted by Gasteiger charge is 2.41. The molecule has 0 radical (unpaired) electrons. The summed E-state index contributed by atoms with van der Waals surface area (Å²) < 4.78 is 10.2. The molecule has 0 saturated carbocycles. The lowest BCUT2D eigenvalue weighted by Gasteiger charge is -2.27. The zero-order valence-corrected chi connectivity index (χ0v) is 12.9. The van der Waals surface area contributed by atoms with Crippen molar-refractivity contribution >= 4 is 17.8 Å². The summed E-state index contributed by atoms with van der Waals surface area (Å²) in [6.07, 6.45) is 4.08. The maximum atomic E-state index is 12.2. The Labute approximate surface area is 128 Å². The number of esters is 2. The van der Waals surface area contributed by atoms with Gasteiger partial charge in [0.05, 0.1) is 7.11 Å². The number of cyclic esters (lactones) is 1. The third kappa shape index (κ3) is 2.24. The number of rotatable bonds is 2. The van der Waals surface area contributed by atoms with Gasteiger partial charge in [-0.15, -0.1) is 0 Å². The van der Waals surface area contributed by atoms with Crippen LogP contribution in [0.4, 0.5) is 5.82 Å². The first kappa shape index (κ1) is 14.6. The highest BCUT2D eigenvalue weighted by molar-refractivity contribution is 5.99. The van der Waals surface area contributed by atoms with Crippen LogP contribution in [0.25, 0.3) is 0 Å². The number of aromatic nitrogens is 1. The monoisotopic (exact) mass is 302 g/mol. The standard InChI is InChI=1S/C16H18N2O4/c1-16(2)11-4-7-17-13(12(11)15(20)22-16)18-8-5-10(6-9-18)14(19)21-3/h4-5,7H,6,8-9H2,1-3H3. The van der Waals surface area contributed by atoms with Crippen molar-refractivity contribution in [1.29, 1.82) is 0 Å². The van der Waals surface area contributed by atoms with Gasteiger partial charge in [-0.25, -0.2) is 14.6 Å². The summed E-state index contributed by atoms with van der Waals surface area (Å²) >= 11 is 0. The third-order valence-electron chi connectivity index (χ3n) is 4.09. The van der Waals surface area contributed by atoms with E-state index in [4.69, 9.17) is 9.47 Å². The Bertz CT molecular complexity index is 679. The number of carbonyl (C=O) groups excluding carboxylic acids is 2. The summed E-state index contributed by atoms with van der Waals surface area (Å²) in [7, 11) is 1.37. The molecule has 0 spiro atoms. The highest BCUT2D eigenvalue weighted by atomic mass is 16.6. The van der Waals surface area contributed by atoms with E-state index in [0.717, 1.165) is 5.56 Å². The molecule has 1 aromatic rings. The van der Waals surface area contributed by atoms with E-state index in [1.54, 1.807) is 6.20 Å². The Morgan fingerprint density at radius 2 is 2.23 bits per heavy atom. The quantitative estimate of drug-likeness (QED) is 0.776. The molecule has 0 saturated heterocycles. The number of methoxy groups -OCH3 is 1. The SMILES string of the molecule is COC(=O)C1=CCN(c2nccc3c2C(=O)OC3(C)C)CC1. The molecule has 0 aliphatic carbocycles. The maximum absolute atomic E-state index is 12.2. The van der Waals surface area contributed by atoms with Crippen molar-refractivity contribution in [3.05, 3.63) is 35.0 Å². The molecule has 0 fully saturated rings. The highest BCUT2D eigenvalue weighted by Crippen LogP contribution is 2.39. The summed E-state index contributed by atoms with van der Waals surface area (Å²) in [5, 5.41) is 0. The van der Waals surface area contributed by atoms with E-state index < -0.39 is 5.60 Å². The molecule has 116 valence electrons. The van der Waals surface area contributed by atoms with E-state index in [2.05, 4.69) is 4.98 Å². The lowest BCUT2D eigenvalue weighted by Crippen LogP contribution is -2.32. The Kier molecular flexibility index (Phi) is 3.39. The third-order valence-corrected chi connectivity index (χ3v) is 4.09. The van der Waals surface area contributed by atoms with Gasteiger partial charge in [0.25, 0.3) is 0 Å². The van der Waals surface area contributed by atoms with Crippen molar-refractivity contribution in [1.82, 2.24) is 4.98 Å². The Hall–Kier alpha value is -2.37. The van der Waals surface area contributed by atoms with Crippen LogP contribution in [0.15, 0.2) is 23.9 Å². The zero-order chi connectivity index (χ0) is 15.9. The van der Waals surface area contributed by atoms with Gasteiger partial charge in [0.15, 0.2) is 0 Å². The molecule has 6 heteroatoms. The molecular weight excluding hydrogens is 284 g/mol. The smallest absolute Gasteiger partial charge is 0.343 e. The van der Waals surface area contributed by atoms with E-state index in [9.17, 15) is 9.59 Å². The van der Waals surface area contributed by atoms with E-state index in [1.165, 1.54) is 7.11 Å². The molecule has 0 amide bonds. The molecule has 1 aromatic heterocycles. The molecule has 0 unspecified atom stereocenters. The number of hydrogen-bond donors (Lipinski definition) is 0. The predicted molar refractivity (Wildman–Crippen MR) is 79.6 cm³/mol. The molecule has 2 aliphatic rings. The lowest BCUT2D eigenvalue weighted by molar-refractivity contribution is -0.136. The van der Waals surface area contributed by atoms with E-state index in [1.807, 2.05) is 30.9 Å². The van der Waals surface area contributed by atoms with Crippen LogP contribution in [0.3, 0.4) is 0 Å². The summed E-state index contributed by atoms with van der Waals surface area (Å²) in [6, 6.07) is 1.82. The van der Waals surface area contributed by atoms with Crippen LogP contribution in [-0.4, -0.2) is 37.1 Å².